The molecule has 0 saturated heterocycles. The van der Waals surface area contributed by atoms with E-state index in [4.69, 9.17) is 5.73 Å². The summed E-state index contributed by atoms with van der Waals surface area (Å²) in [5.41, 5.74) is 5.42. The van der Waals surface area contributed by atoms with Gasteiger partial charge in [0, 0.05) is 6.54 Å². The third-order valence-corrected chi connectivity index (χ3v) is 2.79. The maximum atomic E-state index is 11.2. The van der Waals surface area contributed by atoms with Gasteiger partial charge in [-0.1, -0.05) is 13.8 Å². The Morgan fingerprint density at radius 3 is 2.71 bits per heavy atom. The molecule has 0 spiro atoms. The molecule has 1 amide bonds. The molecule has 0 aliphatic heterocycles. The average Bonchev–Trinajstić information content (AvgIpc) is 2.14. The van der Waals surface area contributed by atoms with Crippen LogP contribution in [0.1, 0.15) is 20.3 Å². The molecular formula is C9H21ClN2OS. The van der Waals surface area contributed by atoms with Gasteiger partial charge in [0.15, 0.2) is 0 Å². The van der Waals surface area contributed by atoms with Gasteiger partial charge in [-0.25, -0.2) is 0 Å². The highest BCUT2D eigenvalue weighted by Gasteiger charge is 2.03. The summed E-state index contributed by atoms with van der Waals surface area (Å²) in [5, 5.41) is 2.85. The molecule has 3 nitrogen and oxygen atoms in total. The second kappa shape index (κ2) is 11.1. The van der Waals surface area contributed by atoms with Gasteiger partial charge in [-0.3, -0.25) is 4.79 Å². The van der Waals surface area contributed by atoms with E-state index in [9.17, 15) is 4.79 Å². The van der Waals surface area contributed by atoms with E-state index in [0.29, 0.717) is 24.8 Å². The lowest BCUT2D eigenvalue weighted by Gasteiger charge is -2.09. The van der Waals surface area contributed by atoms with Crippen LogP contribution in [0.25, 0.3) is 0 Å². The van der Waals surface area contributed by atoms with Crippen LogP contribution in [0, 0.1) is 5.92 Å². The molecule has 1 atom stereocenters. The number of thioether (sulfide) groups is 1. The first kappa shape index (κ1) is 16.5. The lowest BCUT2D eigenvalue weighted by molar-refractivity contribution is -0.118. The van der Waals surface area contributed by atoms with E-state index in [2.05, 4.69) is 12.2 Å². The number of hydrogen-bond donors (Lipinski definition) is 2. The molecule has 3 N–H and O–H groups in total. The molecular weight excluding hydrogens is 220 g/mol. The van der Waals surface area contributed by atoms with Gasteiger partial charge in [0.2, 0.25) is 5.91 Å². The van der Waals surface area contributed by atoms with Crippen LogP contribution in [0.15, 0.2) is 0 Å². The number of nitrogens with two attached hydrogens (primary N) is 1. The normalized spacial score (nSPS) is 11.6. The summed E-state index contributed by atoms with van der Waals surface area (Å²) >= 11 is 1.68. The fourth-order valence-electron chi connectivity index (χ4n) is 0.732. The number of halogens is 1. The number of nitrogens with one attached hydrogen (secondary N) is 1. The lowest BCUT2D eigenvalue weighted by Crippen LogP contribution is -2.32. The summed E-state index contributed by atoms with van der Waals surface area (Å²) < 4.78 is 0. The van der Waals surface area contributed by atoms with Gasteiger partial charge in [-0.2, -0.15) is 11.8 Å². The molecule has 0 aliphatic rings. The van der Waals surface area contributed by atoms with Gasteiger partial charge in [0.1, 0.15) is 0 Å². The summed E-state index contributed by atoms with van der Waals surface area (Å²) in [6.07, 6.45) is 1.12. The zero-order valence-corrected chi connectivity index (χ0v) is 10.5. The third kappa shape index (κ3) is 10.2. The van der Waals surface area contributed by atoms with E-state index in [1.807, 2.05) is 6.92 Å². The molecule has 0 aromatic rings. The van der Waals surface area contributed by atoms with Gasteiger partial charge in [-0.05, 0) is 24.6 Å². The first-order valence-electron chi connectivity index (χ1n) is 4.75. The van der Waals surface area contributed by atoms with Crippen LogP contribution in [0.2, 0.25) is 0 Å². The quantitative estimate of drug-likeness (QED) is 0.659. The molecule has 0 aromatic heterocycles. The molecule has 0 saturated carbocycles. The first-order chi connectivity index (χ1) is 6.20. The van der Waals surface area contributed by atoms with E-state index >= 15 is 0 Å². The Morgan fingerprint density at radius 1 is 1.57 bits per heavy atom. The van der Waals surface area contributed by atoms with E-state index in [0.717, 1.165) is 12.2 Å². The molecule has 1 unspecified atom stereocenters. The van der Waals surface area contributed by atoms with Gasteiger partial charge < -0.3 is 11.1 Å². The van der Waals surface area contributed by atoms with E-state index in [1.165, 1.54) is 0 Å². The van der Waals surface area contributed by atoms with Crippen LogP contribution in [-0.4, -0.2) is 30.5 Å². The molecule has 0 heterocycles. The first-order valence-corrected chi connectivity index (χ1v) is 5.90. The van der Waals surface area contributed by atoms with Crippen molar-refractivity contribution < 1.29 is 4.79 Å². The Balaban J connectivity index is 0. The van der Waals surface area contributed by atoms with Crippen LogP contribution in [0.5, 0.6) is 0 Å². The minimum absolute atomic E-state index is 0. The summed E-state index contributed by atoms with van der Waals surface area (Å²) in [6, 6.07) is 0. The standard InChI is InChI=1S/C9H20N2OS.ClH/c1-3-4-13-7-9(12)11-6-8(2)5-10;/h8H,3-7,10H2,1-2H3,(H,11,12);1H. The highest BCUT2D eigenvalue weighted by atomic mass is 35.5. The van der Waals surface area contributed by atoms with Crippen molar-refractivity contribution in [3.63, 3.8) is 0 Å². The minimum atomic E-state index is 0. The Labute approximate surface area is 97.0 Å². The van der Waals surface area contributed by atoms with Crippen LogP contribution in [0.4, 0.5) is 0 Å². The summed E-state index contributed by atoms with van der Waals surface area (Å²) in [7, 11) is 0. The molecule has 0 bridgehead atoms. The zero-order valence-electron chi connectivity index (χ0n) is 8.91. The fourth-order valence-corrected chi connectivity index (χ4v) is 1.45. The van der Waals surface area contributed by atoms with Crippen LogP contribution < -0.4 is 11.1 Å². The van der Waals surface area contributed by atoms with Crippen molar-refractivity contribution in [2.24, 2.45) is 11.7 Å². The van der Waals surface area contributed by atoms with Crippen LogP contribution in [0.3, 0.4) is 0 Å². The van der Waals surface area contributed by atoms with Crippen molar-refractivity contribution in [3.05, 3.63) is 0 Å². The maximum Gasteiger partial charge on any atom is 0.230 e. The number of hydrogen-bond acceptors (Lipinski definition) is 3. The monoisotopic (exact) mass is 240 g/mol. The largest absolute Gasteiger partial charge is 0.355 e. The minimum Gasteiger partial charge on any atom is -0.355 e. The topological polar surface area (TPSA) is 55.1 Å². The predicted octanol–water partition coefficient (Wildman–Crippen LogP) is 1.26. The van der Waals surface area contributed by atoms with Crippen molar-refractivity contribution in [2.45, 2.75) is 20.3 Å². The van der Waals surface area contributed by atoms with Gasteiger partial charge >= 0.3 is 0 Å². The molecule has 0 rings (SSSR count). The van der Waals surface area contributed by atoms with Crippen molar-refractivity contribution >= 4 is 30.1 Å². The van der Waals surface area contributed by atoms with E-state index in [1.54, 1.807) is 11.8 Å². The lowest BCUT2D eigenvalue weighted by atomic mass is 10.2. The van der Waals surface area contributed by atoms with Crippen LogP contribution in [-0.2, 0) is 4.79 Å². The van der Waals surface area contributed by atoms with Gasteiger partial charge in [0.05, 0.1) is 5.75 Å². The van der Waals surface area contributed by atoms with E-state index < -0.39 is 0 Å². The van der Waals surface area contributed by atoms with Crippen LogP contribution >= 0.6 is 24.2 Å². The number of rotatable bonds is 7. The summed E-state index contributed by atoms with van der Waals surface area (Å²) in [5.74, 6) is 2.13. The van der Waals surface area contributed by atoms with Gasteiger partial charge in [0.25, 0.3) is 0 Å². The fraction of sp³-hybridized carbons (Fsp3) is 0.889. The van der Waals surface area contributed by atoms with Crippen molar-refractivity contribution in [2.75, 3.05) is 24.6 Å². The second-order valence-corrected chi connectivity index (χ2v) is 4.30. The Kier molecular flexibility index (Phi) is 13.1. The van der Waals surface area contributed by atoms with E-state index in [-0.39, 0.29) is 18.3 Å². The average molecular weight is 241 g/mol. The molecule has 0 aromatic carbocycles. The summed E-state index contributed by atoms with van der Waals surface area (Å²) in [4.78, 5) is 11.2. The zero-order chi connectivity index (χ0) is 10.1. The molecule has 86 valence electrons. The molecule has 0 fully saturated rings. The van der Waals surface area contributed by atoms with Gasteiger partial charge in [-0.15, -0.1) is 12.4 Å². The van der Waals surface area contributed by atoms with Crippen molar-refractivity contribution in [1.82, 2.24) is 5.32 Å². The van der Waals surface area contributed by atoms with Crippen molar-refractivity contribution in [1.29, 1.82) is 0 Å². The maximum absolute atomic E-state index is 11.2. The number of amides is 1. The highest BCUT2D eigenvalue weighted by Crippen LogP contribution is 2.00. The Bertz CT molecular complexity index is 147. The Morgan fingerprint density at radius 2 is 2.21 bits per heavy atom. The number of carbonyl (C=O) groups is 1. The summed E-state index contributed by atoms with van der Waals surface area (Å²) in [6.45, 7) is 5.46. The highest BCUT2D eigenvalue weighted by molar-refractivity contribution is 7.99. The Hall–Kier alpha value is 0.0700. The number of carbonyl (C=O) groups excluding carboxylic acids is 1. The SMILES string of the molecule is CCCSCC(=O)NCC(C)CN.Cl. The molecule has 14 heavy (non-hydrogen) atoms. The molecule has 0 radical (unpaired) electrons. The smallest absolute Gasteiger partial charge is 0.230 e. The second-order valence-electron chi connectivity index (χ2n) is 3.20. The van der Waals surface area contributed by atoms with Crippen molar-refractivity contribution in [3.8, 4) is 0 Å². The molecule has 0 aliphatic carbocycles. The third-order valence-electron chi connectivity index (χ3n) is 1.63. The predicted molar refractivity (Wildman–Crippen MR) is 66.1 cm³/mol. The molecule has 5 heteroatoms.